The van der Waals surface area contributed by atoms with E-state index in [4.69, 9.17) is 5.11 Å². The van der Waals surface area contributed by atoms with Gasteiger partial charge in [-0.25, -0.2) is 13.1 Å². The summed E-state index contributed by atoms with van der Waals surface area (Å²) < 4.78 is 27.1. The lowest BCUT2D eigenvalue weighted by molar-refractivity contribution is 0.281. The van der Waals surface area contributed by atoms with E-state index in [2.05, 4.69) is 4.72 Å². The zero-order chi connectivity index (χ0) is 13.9. The summed E-state index contributed by atoms with van der Waals surface area (Å²) in [7, 11) is -3.52. The first-order valence-electron chi connectivity index (χ1n) is 6.05. The molecule has 0 spiro atoms. The second kappa shape index (κ2) is 5.82. The van der Waals surface area contributed by atoms with Crippen molar-refractivity contribution in [2.75, 3.05) is 0 Å². The molecule has 4 nitrogen and oxygen atoms in total. The van der Waals surface area contributed by atoms with E-state index in [1.54, 1.807) is 13.0 Å². The first-order valence-corrected chi connectivity index (χ1v) is 7.53. The van der Waals surface area contributed by atoms with Gasteiger partial charge in [-0.1, -0.05) is 13.0 Å². The van der Waals surface area contributed by atoms with Crippen LogP contribution in [0.3, 0.4) is 0 Å². The van der Waals surface area contributed by atoms with Gasteiger partial charge in [0.05, 0.1) is 11.5 Å². The van der Waals surface area contributed by atoms with Crippen LogP contribution in [0.15, 0.2) is 17.0 Å². The molecule has 0 amide bonds. The van der Waals surface area contributed by atoms with Crippen molar-refractivity contribution in [1.82, 2.24) is 4.72 Å². The molecule has 0 radical (unpaired) electrons. The molecule has 0 aromatic heterocycles. The van der Waals surface area contributed by atoms with Crippen molar-refractivity contribution in [3.05, 3.63) is 28.8 Å². The first-order chi connectivity index (χ1) is 8.31. The number of aryl methyl sites for hydroxylation is 1. The second-order valence-corrected chi connectivity index (χ2v) is 6.31. The topological polar surface area (TPSA) is 66.4 Å². The third-order valence-corrected chi connectivity index (χ3v) is 4.84. The minimum atomic E-state index is -3.52. The second-order valence-electron chi connectivity index (χ2n) is 4.62. The molecule has 0 aliphatic heterocycles. The van der Waals surface area contributed by atoms with Gasteiger partial charge in [0.25, 0.3) is 0 Å². The van der Waals surface area contributed by atoms with Crippen molar-refractivity contribution in [3.8, 4) is 0 Å². The van der Waals surface area contributed by atoms with Crippen LogP contribution in [-0.2, 0) is 16.6 Å². The minimum absolute atomic E-state index is 0.104. The van der Waals surface area contributed by atoms with Crippen LogP contribution in [0.1, 0.15) is 37.0 Å². The predicted molar refractivity (Wildman–Crippen MR) is 71.9 cm³/mol. The van der Waals surface area contributed by atoms with Crippen molar-refractivity contribution in [2.45, 2.75) is 51.7 Å². The minimum Gasteiger partial charge on any atom is -0.392 e. The van der Waals surface area contributed by atoms with E-state index < -0.39 is 10.0 Å². The Balaban J connectivity index is 3.27. The Morgan fingerprint density at radius 2 is 1.94 bits per heavy atom. The zero-order valence-electron chi connectivity index (χ0n) is 11.3. The van der Waals surface area contributed by atoms with Gasteiger partial charge in [0, 0.05) is 6.04 Å². The SMILES string of the molecule is CCC(C)NS(=O)(=O)c1cc(CO)cc(C)c1C. The maximum absolute atomic E-state index is 12.2. The van der Waals surface area contributed by atoms with Gasteiger partial charge in [-0.15, -0.1) is 0 Å². The Bertz CT molecular complexity index is 523. The fourth-order valence-electron chi connectivity index (χ4n) is 1.68. The Morgan fingerprint density at radius 3 is 2.44 bits per heavy atom. The standard InChI is InChI=1S/C13H21NO3S/c1-5-10(3)14-18(16,17)13-7-12(8-15)6-9(2)11(13)4/h6-7,10,14-15H,5,8H2,1-4H3. The highest BCUT2D eigenvalue weighted by Crippen LogP contribution is 2.21. The summed E-state index contributed by atoms with van der Waals surface area (Å²) in [6.45, 7) is 7.22. The smallest absolute Gasteiger partial charge is 0.241 e. The monoisotopic (exact) mass is 271 g/mol. The molecule has 0 fully saturated rings. The molecule has 18 heavy (non-hydrogen) atoms. The fraction of sp³-hybridized carbons (Fsp3) is 0.538. The maximum atomic E-state index is 12.2. The van der Waals surface area contributed by atoms with Crippen LogP contribution in [0.2, 0.25) is 0 Å². The van der Waals surface area contributed by atoms with Gasteiger partial charge in [0.15, 0.2) is 0 Å². The van der Waals surface area contributed by atoms with Crippen LogP contribution < -0.4 is 4.72 Å². The number of nitrogens with one attached hydrogen (secondary N) is 1. The summed E-state index contributed by atoms with van der Waals surface area (Å²) in [6, 6.07) is 3.23. The Morgan fingerprint density at radius 1 is 1.33 bits per heavy atom. The number of hydrogen-bond acceptors (Lipinski definition) is 3. The van der Waals surface area contributed by atoms with Crippen LogP contribution >= 0.6 is 0 Å². The molecule has 1 rings (SSSR count). The van der Waals surface area contributed by atoms with E-state index in [1.807, 2.05) is 20.8 Å². The van der Waals surface area contributed by atoms with Crippen LogP contribution in [0.25, 0.3) is 0 Å². The summed E-state index contributed by atoms with van der Waals surface area (Å²) in [4.78, 5) is 0.256. The third kappa shape index (κ3) is 3.31. The molecular weight excluding hydrogens is 250 g/mol. The molecule has 5 heteroatoms. The lowest BCUT2D eigenvalue weighted by Crippen LogP contribution is -2.32. The van der Waals surface area contributed by atoms with Crippen molar-refractivity contribution < 1.29 is 13.5 Å². The largest absolute Gasteiger partial charge is 0.392 e. The summed E-state index contributed by atoms with van der Waals surface area (Å²) in [5.74, 6) is 0. The molecule has 1 aromatic rings. The van der Waals surface area contributed by atoms with Gasteiger partial charge in [-0.2, -0.15) is 0 Å². The van der Waals surface area contributed by atoms with E-state index >= 15 is 0 Å². The molecule has 1 aromatic carbocycles. The molecule has 0 saturated carbocycles. The van der Waals surface area contributed by atoms with Crippen LogP contribution in [0.5, 0.6) is 0 Å². The molecule has 0 bridgehead atoms. The summed E-state index contributed by atoms with van der Waals surface area (Å²) in [5, 5.41) is 9.16. The van der Waals surface area contributed by atoms with Crippen molar-refractivity contribution in [3.63, 3.8) is 0 Å². The number of rotatable bonds is 5. The summed E-state index contributed by atoms with van der Waals surface area (Å²) >= 11 is 0. The molecule has 0 saturated heterocycles. The fourth-order valence-corrected chi connectivity index (χ4v) is 3.38. The molecule has 1 unspecified atom stereocenters. The van der Waals surface area contributed by atoms with Gasteiger partial charge in [-0.05, 0) is 49.9 Å². The van der Waals surface area contributed by atoms with Crippen LogP contribution in [0.4, 0.5) is 0 Å². The number of sulfonamides is 1. The average molecular weight is 271 g/mol. The third-order valence-electron chi connectivity index (χ3n) is 3.12. The van der Waals surface area contributed by atoms with Crippen LogP contribution in [-0.4, -0.2) is 19.6 Å². The average Bonchev–Trinajstić information content (AvgIpc) is 2.31. The van der Waals surface area contributed by atoms with E-state index in [-0.39, 0.29) is 17.5 Å². The Labute approximate surface area is 109 Å². The molecule has 102 valence electrons. The van der Waals surface area contributed by atoms with Crippen molar-refractivity contribution in [1.29, 1.82) is 0 Å². The van der Waals surface area contributed by atoms with Crippen molar-refractivity contribution in [2.24, 2.45) is 0 Å². The molecular formula is C13H21NO3S. The van der Waals surface area contributed by atoms with Gasteiger partial charge >= 0.3 is 0 Å². The number of aliphatic hydroxyl groups excluding tert-OH is 1. The lowest BCUT2D eigenvalue weighted by Gasteiger charge is -2.16. The Hall–Kier alpha value is -0.910. The normalized spacial score (nSPS) is 13.6. The highest BCUT2D eigenvalue weighted by atomic mass is 32.2. The van der Waals surface area contributed by atoms with E-state index in [9.17, 15) is 8.42 Å². The Kier molecular flexibility index (Phi) is 4.90. The molecule has 2 N–H and O–H groups in total. The summed E-state index contributed by atoms with van der Waals surface area (Å²) in [5.41, 5.74) is 2.21. The highest BCUT2D eigenvalue weighted by Gasteiger charge is 2.20. The van der Waals surface area contributed by atoms with Gasteiger partial charge < -0.3 is 5.11 Å². The maximum Gasteiger partial charge on any atom is 0.241 e. The molecule has 0 heterocycles. The highest BCUT2D eigenvalue weighted by molar-refractivity contribution is 7.89. The summed E-state index contributed by atoms with van der Waals surface area (Å²) in [6.07, 6.45) is 0.733. The molecule has 0 aliphatic rings. The first kappa shape index (κ1) is 15.1. The molecule has 1 atom stereocenters. The van der Waals surface area contributed by atoms with E-state index in [0.29, 0.717) is 5.56 Å². The van der Waals surface area contributed by atoms with Gasteiger partial charge in [0.1, 0.15) is 0 Å². The van der Waals surface area contributed by atoms with Gasteiger partial charge in [0.2, 0.25) is 10.0 Å². The lowest BCUT2D eigenvalue weighted by atomic mass is 10.1. The zero-order valence-corrected chi connectivity index (χ0v) is 12.1. The number of aliphatic hydroxyl groups is 1. The van der Waals surface area contributed by atoms with E-state index in [0.717, 1.165) is 17.5 Å². The number of hydrogen-bond donors (Lipinski definition) is 2. The van der Waals surface area contributed by atoms with Crippen LogP contribution in [0, 0.1) is 13.8 Å². The molecule has 0 aliphatic carbocycles. The number of benzene rings is 1. The quantitative estimate of drug-likeness (QED) is 0.859. The van der Waals surface area contributed by atoms with Gasteiger partial charge in [-0.3, -0.25) is 0 Å². The van der Waals surface area contributed by atoms with E-state index in [1.165, 1.54) is 6.07 Å². The van der Waals surface area contributed by atoms with Crippen molar-refractivity contribution >= 4 is 10.0 Å². The predicted octanol–water partition coefficient (Wildman–Crippen LogP) is 1.87.